The number of unbranched alkanes of at least 4 members (excludes halogenated alkanes) is 1. The zero-order chi connectivity index (χ0) is 12.6. The highest BCUT2D eigenvalue weighted by Gasteiger charge is 2.31. The fourth-order valence-corrected chi connectivity index (χ4v) is 1.46. The van der Waals surface area contributed by atoms with Crippen molar-refractivity contribution < 1.29 is 14.3 Å². The molecule has 0 aliphatic heterocycles. The van der Waals surface area contributed by atoms with E-state index < -0.39 is 5.54 Å². The van der Waals surface area contributed by atoms with Gasteiger partial charge in [0.15, 0.2) is 0 Å². The summed E-state index contributed by atoms with van der Waals surface area (Å²) in [6.07, 6.45) is 2.59. The molecular weight excluding hydrogens is 206 g/mol. The molecule has 2 N–H and O–H groups in total. The van der Waals surface area contributed by atoms with Crippen LogP contribution in [0.25, 0.3) is 0 Å². The van der Waals surface area contributed by atoms with Gasteiger partial charge in [0, 0.05) is 13.0 Å². The molecule has 0 aromatic rings. The predicted octanol–water partition coefficient (Wildman–Crippen LogP) is 1.86. The maximum absolute atomic E-state index is 11.5. The van der Waals surface area contributed by atoms with Crippen LogP contribution >= 0.6 is 0 Å². The van der Waals surface area contributed by atoms with Crippen molar-refractivity contribution >= 4 is 5.97 Å². The number of nitrogens with two attached hydrogens (primary N) is 1. The van der Waals surface area contributed by atoms with E-state index in [1.807, 2.05) is 6.92 Å². The molecule has 0 aromatic heterocycles. The Morgan fingerprint density at radius 2 is 2.06 bits per heavy atom. The summed E-state index contributed by atoms with van der Waals surface area (Å²) in [4.78, 5) is 11.5. The monoisotopic (exact) mass is 231 g/mol. The second kappa shape index (κ2) is 7.63. The highest BCUT2D eigenvalue weighted by molar-refractivity contribution is 5.80. The number of ether oxygens (including phenoxy) is 2. The largest absolute Gasteiger partial charge is 0.465 e. The van der Waals surface area contributed by atoms with Gasteiger partial charge in [-0.15, -0.1) is 0 Å². The van der Waals surface area contributed by atoms with Gasteiger partial charge >= 0.3 is 5.97 Å². The molecular formula is C12H25NO3. The number of carbonyl (C=O) groups excluding carboxylic acids is 1. The van der Waals surface area contributed by atoms with Gasteiger partial charge in [-0.1, -0.05) is 13.3 Å². The van der Waals surface area contributed by atoms with Crippen molar-refractivity contribution in [2.24, 2.45) is 5.73 Å². The number of hydrogen-bond acceptors (Lipinski definition) is 4. The lowest BCUT2D eigenvalue weighted by Crippen LogP contribution is -2.48. The minimum Gasteiger partial charge on any atom is -0.465 e. The SMILES string of the molecule is CCCCOC(C)CC(C)(N)C(=O)OCC. The van der Waals surface area contributed by atoms with Crippen LogP contribution in [-0.2, 0) is 14.3 Å². The first-order valence-electron chi connectivity index (χ1n) is 6.01. The summed E-state index contributed by atoms with van der Waals surface area (Å²) in [6.45, 7) is 8.58. The smallest absolute Gasteiger partial charge is 0.325 e. The average Bonchev–Trinajstić information content (AvgIpc) is 2.17. The molecule has 4 heteroatoms. The van der Waals surface area contributed by atoms with Crippen LogP contribution in [0.4, 0.5) is 0 Å². The van der Waals surface area contributed by atoms with E-state index in [-0.39, 0.29) is 12.1 Å². The van der Waals surface area contributed by atoms with Crippen LogP contribution in [0.1, 0.15) is 47.0 Å². The zero-order valence-electron chi connectivity index (χ0n) is 10.9. The van der Waals surface area contributed by atoms with Gasteiger partial charge in [-0.3, -0.25) is 4.79 Å². The summed E-state index contributed by atoms with van der Waals surface area (Å²) < 4.78 is 10.5. The Morgan fingerprint density at radius 3 is 2.56 bits per heavy atom. The van der Waals surface area contributed by atoms with Crippen LogP contribution in [0.3, 0.4) is 0 Å². The van der Waals surface area contributed by atoms with Crippen molar-refractivity contribution in [3.8, 4) is 0 Å². The van der Waals surface area contributed by atoms with Gasteiger partial charge < -0.3 is 15.2 Å². The number of carbonyl (C=O) groups is 1. The van der Waals surface area contributed by atoms with E-state index in [9.17, 15) is 4.79 Å². The molecule has 0 radical (unpaired) electrons. The van der Waals surface area contributed by atoms with Crippen molar-refractivity contribution in [2.45, 2.75) is 58.6 Å². The van der Waals surface area contributed by atoms with Gasteiger partial charge in [0.25, 0.3) is 0 Å². The normalized spacial score (nSPS) is 16.6. The van der Waals surface area contributed by atoms with E-state index in [4.69, 9.17) is 15.2 Å². The lowest BCUT2D eigenvalue weighted by atomic mass is 9.96. The summed E-state index contributed by atoms with van der Waals surface area (Å²) in [5.74, 6) is -0.360. The van der Waals surface area contributed by atoms with Crippen LogP contribution < -0.4 is 5.73 Å². The van der Waals surface area contributed by atoms with Crippen LogP contribution in [0.2, 0.25) is 0 Å². The predicted molar refractivity (Wildman–Crippen MR) is 64.2 cm³/mol. The Morgan fingerprint density at radius 1 is 1.44 bits per heavy atom. The molecule has 0 rings (SSSR count). The van der Waals surface area contributed by atoms with E-state index in [1.165, 1.54) is 0 Å². The molecule has 0 aliphatic carbocycles. The van der Waals surface area contributed by atoms with Gasteiger partial charge in [-0.05, 0) is 27.2 Å². The summed E-state index contributed by atoms with van der Waals surface area (Å²) in [7, 11) is 0. The van der Waals surface area contributed by atoms with Gasteiger partial charge in [-0.2, -0.15) is 0 Å². The highest BCUT2D eigenvalue weighted by atomic mass is 16.5. The molecule has 0 aliphatic rings. The van der Waals surface area contributed by atoms with Crippen molar-refractivity contribution in [3.63, 3.8) is 0 Å². The Bertz CT molecular complexity index is 204. The van der Waals surface area contributed by atoms with Crippen molar-refractivity contribution in [1.29, 1.82) is 0 Å². The molecule has 0 spiro atoms. The van der Waals surface area contributed by atoms with Gasteiger partial charge in [0.1, 0.15) is 5.54 Å². The summed E-state index contributed by atoms with van der Waals surface area (Å²) in [6, 6.07) is 0. The molecule has 4 nitrogen and oxygen atoms in total. The Balaban J connectivity index is 3.98. The van der Waals surface area contributed by atoms with Crippen molar-refractivity contribution in [2.75, 3.05) is 13.2 Å². The summed E-state index contributed by atoms with van der Waals surface area (Å²) >= 11 is 0. The molecule has 2 unspecified atom stereocenters. The van der Waals surface area contributed by atoms with Gasteiger partial charge in [-0.25, -0.2) is 0 Å². The second-order valence-electron chi connectivity index (χ2n) is 4.38. The lowest BCUT2D eigenvalue weighted by molar-refractivity contribution is -0.150. The fraction of sp³-hybridized carbons (Fsp3) is 0.917. The molecule has 0 amide bonds. The minimum atomic E-state index is -0.957. The zero-order valence-corrected chi connectivity index (χ0v) is 10.9. The van der Waals surface area contributed by atoms with Crippen LogP contribution in [0.5, 0.6) is 0 Å². The summed E-state index contributed by atoms with van der Waals surface area (Å²) in [5.41, 5.74) is 4.94. The van der Waals surface area contributed by atoms with Crippen molar-refractivity contribution in [3.05, 3.63) is 0 Å². The van der Waals surface area contributed by atoms with Crippen LogP contribution in [-0.4, -0.2) is 30.8 Å². The molecule has 16 heavy (non-hydrogen) atoms. The van der Waals surface area contributed by atoms with Gasteiger partial charge in [0.2, 0.25) is 0 Å². The van der Waals surface area contributed by atoms with Gasteiger partial charge in [0.05, 0.1) is 12.7 Å². The van der Waals surface area contributed by atoms with Crippen LogP contribution in [0.15, 0.2) is 0 Å². The maximum Gasteiger partial charge on any atom is 0.325 e. The van der Waals surface area contributed by atoms with Crippen molar-refractivity contribution in [1.82, 2.24) is 0 Å². The second-order valence-corrected chi connectivity index (χ2v) is 4.38. The first-order chi connectivity index (χ1) is 7.44. The van der Waals surface area contributed by atoms with E-state index in [1.54, 1.807) is 13.8 Å². The molecule has 0 fully saturated rings. The average molecular weight is 231 g/mol. The summed E-state index contributed by atoms with van der Waals surface area (Å²) in [5, 5.41) is 0. The molecule has 0 heterocycles. The first-order valence-corrected chi connectivity index (χ1v) is 6.01. The Hall–Kier alpha value is -0.610. The molecule has 0 aromatic carbocycles. The molecule has 96 valence electrons. The third kappa shape index (κ3) is 6.08. The fourth-order valence-electron chi connectivity index (χ4n) is 1.46. The number of rotatable bonds is 8. The lowest BCUT2D eigenvalue weighted by Gasteiger charge is -2.25. The first kappa shape index (κ1) is 15.4. The number of esters is 1. The van der Waals surface area contributed by atoms with E-state index >= 15 is 0 Å². The topological polar surface area (TPSA) is 61.5 Å². The number of hydrogen-bond donors (Lipinski definition) is 1. The van der Waals surface area contributed by atoms with E-state index in [2.05, 4.69) is 6.92 Å². The highest BCUT2D eigenvalue weighted by Crippen LogP contribution is 2.14. The molecule has 0 saturated heterocycles. The minimum absolute atomic E-state index is 0.0223. The maximum atomic E-state index is 11.5. The Kier molecular flexibility index (Phi) is 7.34. The van der Waals surface area contributed by atoms with E-state index in [0.29, 0.717) is 13.0 Å². The molecule has 2 atom stereocenters. The quantitative estimate of drug-likeness (QED) is 0.511. The van der Waals surface area contributed by atoms with Crippen LogP contribution in [0, 0.1) is 0 Å². The third-order valence-corrected chi connectivity index (χ3v) is 2.35. The van der Waals surface area contributed by atoms with E-state index in [0.717, 1.165) is 19.4 Å². The molecule has 0 saturated carbocycles. The Labute approximate surface area is 98.5 Å². The third-order valence-electron chi connectivity index (χ3n) is 2.35. The molecule has 0 bridgehead atoms. The standard InChI is InChI=1S/C12H25NO3/c1-5-7-8-16-10(3)9-12(4,13)11(14)15-6-2/h10H,5-9,13H2,1-4H3.